The minimum atomic E-state index is 0.500. The number of benzene rings is 1. The van der Waals surface area contributed by atoms with E-state index in [4.69, 9.17) is 11.6 Å². The third-order valence-electron chi connectivity index (χ3n) is 2.84. The van der Waals surface area contributed by atoms with Crippen LogP contribution in [-0.2, 0) is 6.54 Å². The molecule has 0 atom stereocenters. The van der Waals surface area contributed by atoms with Gasteiger partial charge >= 0.3 is 0 Å². The van der Waals surface area contributed by atoms with Crippen molar-refractivity contribution < 1.29 is 0 Å². The van der Waals surface area contributed by atoms with Gasteiger partial charge < -0.3 is 10.3 Å². The van der Waals surface area contributed by atoms with Crippen molar-refractivity contribution >= 4 is 28.2 Å². The minimum absolute atomic E-state index is 0.500. The van der Waals surface area contributed by atoms with Crippen molar-refractivity contribution in [3.8, 4) is 0 Å². The van der Waals surface area contributed by atoms with Crippen LogP contribution in [0.5, 0.6) is 0 Å². The number of pyridine rings is 1. The highest BCUT2D eigenvalue weighted by Crippen LogP contribution is 2.16. The average molecular weight is 258 g/mol. The third-order valence-corrected chi connectivity index (χ3v) is 3.05. The fraction of sp³-hybridized carbons (Fsp3) is 0.0714. The van der Waals surface area contributed by atoms with Gasteiger partial charge in [0.25, 0.3) is 0 Å². The highest BCUT2D eigenvalue weighted by Gasteiger charge is 1.98. The normalized spacial score (nSPS) is 10.7. The van der Waals surface area contributed by atoms with Gasteiger partial charge in [-0.2, -0.15) is 0 Å². The first kappa shape index (κ1) is 11.1. The minimum Gasteiger partial charge on any atom is -0.381 e. The number of fused-ring (bicyclic) bond motifs is 1. The molecule has 0 unspecified atom stereocenters. The molecule has 0 fully saturated rings. The van der Waals surface area contributed by atoms with Gasteiger partial charge in [-0.1, -0.05) is 23.7 Å². The SMILES string of the molecule is Clc1cc(NCc2ccc3cc[nH]c3c2)ccn1. The van der Waals surface area contributed by atoms with E-state index in [0.29, 0.717) is 5.15 Å². The predicted molar refractivity (Wildman–Crippen MR) is 74.9 cm³/mol. The number of nitrogens with zero attached hydrogens (tertiary/aromatic N) is 1. The number of anilines is 1. The van der Waals surface area contributed by atoms with Crippen molar-refractivity contribution in [1.29, 1.82) is 0 Å². The topological polar surface area (TPSA) is 40.7 Å². The van der Waals surface area contributed by atoms with E-state index in [1.165, 1.54) is 10.9 Å². The van der Waals surface area contributed by atoms with Crippen LogP contribution in [0.4, 0.5) is 5.69 Å². The van der Waals surface area contributed by atoms with Gasteiger partial charge in [0.2, 0.25) is 0 Å². The molecule has 2 N–H and O–H groups in total. The lowest BCUT2D eigenvalue weighted by Gasteiger charge is -2.06. The molecule has 2 heterocycles. The number of hydrogen-bond acceptors (Lipinski definition) is 2. The van der Waals surface area contributed by atoms with E-state index in [-0.39, 0.29) is 0 Å². The first-order valence-electron chi connectivity index (χ1n) is 5.73. The maximum absolute atomic E-state index is 5.83. The highest BCUT2D eigenvalue weighted by atomic mass is 35.5. The summed E-state index contributed by atoms with van der Waals surface area (Å²) in [5, 5.41) is 5.05. The van der Waals surface area contributed by atoms with Crippen LogP contribution in [0.1, 0.15) is 5.56 Å². The molecule has 90 valence electrons. The summed E-state index contributed by atoms with van der Waals surface area (Å²) in [4.78, 5) is 7.16. The van der Waals surface area contributed by atoms with Crippen LogP contribution in [0, 0.1) is 0 Å². The van der Waals surface area contributed by atoms with Crippen LogP contribution in [-0.4, -0.2) is 9.97 Å². The Balaban J connectivity index is 1.76. The van der Waals surface area contributed by atoms with Crippen LogP contribution < -0.4 is 5.32 Å². The summed E-state index contributed by atoms with van der Waals surface area (Å²) in [7, 11) is 0. The van der Waals surface area contributed by atoms with Crippen molar-refractivity contribution in [3.05, 3.63) is 59.5 Å². The van der Waals surface area contributed by atoms with Gasteiger partial charge in [0.15, 0.2) is 0 Å². The van der Waals surface area contributed by atoms with E-state index in [2.05, 4.69) is 39.6 Å². The Bertz CT molecular complexity index is 675. The summed E-state index contributed by atoms with van der Waals surface area (Å²) < 4.78 is 0. The maximum Gasteiger partial charge on any atom is 0.131 e. The zero-order chi connectivity index (χ0) is 12.4. The molecule has 3 rings (SSSR count). The lowest BCUT2D eigenvalue weighted by Crippen LogP contribution is -1.99. The summed E-state index contributed by atoms with van der Waals surface area (Å²) in [6.45, 7) is 0.759. The van der Waals surface area contributed by atoms with Crippen molar-refractivity contribution in [2.75, 3.05) is 5.32 Å². The summed E-state index contributed by atoms with van der Waals surface area (Å²) in [5.74, 6) is 0. The summed E-state index contributed by atoms with van der Waals surface area (Å²) in [5.41, 5.74) is 3.35. The van der Waals surface area contributed by atoms with Gasteiger partial charge in [-0.15, -0.1) is 0 Å². The molecule has 0 spiro atoms. The van der Waals surface area contributed by atoms with Crippen molar-refractivity contribution in [1.82, 2.24) is 9.97 Å². The van der Waals surface area contributed by atoms with Crippen LogP contribution in [0.2, 0.25) is 5.15 Å². The standard InChI is InChI=1S/C14H12ClN3/c15-14-8-12(4-6-17-14)18-9-10-1-2-11-3-5-16-13(11)7-10/h1-8,16H,9H2,(H,17,18). The first-order chi connectivity index (χ1) is 8.81. The molecule has 2 aromatic heterocycles. The smallest absolute Gasteiger partial charge is 0.131 e. The van der Waals surface area contributed by atoms with Gasteiger partial charge in [0, 0.05) is 30.1 Å². The monoisotopic (exact) mass is 257 g/mol. The van der Waals surface area contributed by atoms with Crippen molar-refractivity contribution in [2.24, 2.45) is 0 Å². The second kappa shape index (κ2) is 4.70. The Morgan fingerprint density at radius 3 is 3.00 bits per heavy atom. The van der Waals surface area contributed by atoms with E-state index in [0.717, 1.165) is 17.7 Å². The molecule has 0 saturated carbocycles. The highest BCUT2D eigenvalue weighted by molar-refractivity contribution is 6.29. The lowest BCUT2D eigenvalue weighted by molar-refractivity contribution is 1.15. The fourth-order valence-corrected chi connectivity index (χ4v) is 2.10. The van der Waals surface area contributed by atoms with Crippen molar-refractivity contribution in [3.63, 3.8) is 0 Å². The van der Waals surface area contributed by atoms with E-state index in [1.54, 1.807) is 6.20 Å². The molecule has 0 aliphatic heterocycles. The van der Waals surface area contributed by atoms with Crippen molar-refractivity contribution in [2.45, 2.75) is 6.54 Å². The fourth-order valence-electron chi connectivity index (χ4n) is 1.92. The van der Waals surface area contributed by atoms with Gasteiger partial charge in [-0.3, -0.25) is 0 Å². The molecule has 0 radical (unpaired) electrons. The second-order valence-electron chi connectivity index (χ2n) is 4.12. The maximum atomic E-state index is 5.83. The Morgan fingerprint density at radius 1 is 1.17 bits per heavy atom. The molecular weight excluding hydrogens is 246 g/mol. The largest absolute Gasteiger partial charge is 0.381 e. The molecule has 0 amide bonds. The summed E-state index contributed by atoms with van der Waals surface area (Å²) >= 11 is 5.83. The average Bonchev–Trinajstić information content (AvgIpc) is 2.84. The van der Waals surface area contributed by atoms with E-state index in [9.17, 15) is 0 Å². The van der Waals surface area contributed by atoms with Gasteiger partial charge in [-0.25, -0.2) is 4.98 Å². The van der Waals surface area contributed by atoms with Gasteiger partial charge in [0.1, 0.15) is 5.15 Å². The van der Waals surface area contributed by atoms with Crippen LogP contribution in [0.25, 0.3) is 10.9 Å². The zero-order valence-corrected chi connectivity index (χ0v) is 10.4. The number of hydrogen-bond donors (Lipinski definition) is 2. The molecule has 4 heteroatoms. The van der Waals surface area contributed by atoms with Crippen LogP contribution >= 0.6 is 11.6 Å². The zero-order valence-electron chi connectivity index (χ0n) is 9.65. The number of aromatic nitrogens is 2. The molecule has 1 aromatic carbocycles. The molecular formula is C14H12ClN3. The van der Waals surface area contributed by atoms with E-state index in [1.807, 2.05) is 18.3 Å². The quantitative estimate of drug-likeness (QED) is 0.700. The number of nitrogens with one attached hydrogen (secondary N) is 2. The Kier molecular flexibility index (Phi) is 2.90. The van der Waals surface area contributed by atoms with Crippen LogP contribution in [0.15, 0.2) is 48.8 Å². The van der Waals surface area contributed by atoms with E-state index < -0.39 is 0 Å². The summed E-state index contributed by atoms with van der Waals surface area (Å²) in [6.07, 6.45) is 3.64. The number of halogens is 1. The summed E-state index contributed by atoms with van der Waals surface area (Å²) in [6, 6.07) is 12.2. The van der Waals surface area contributed by atoms with Crippen LogP contribution in [0.3, 0.4) is 0 Å². The number of H-pyrrole nitrogens is 1. The Hall–Kier alpha value is -2.00. The van der Waals surface area contributed by atoms with Gasteiger partial charge in [-0.05, 0) is 35.2 Å². The number of aromatic amines is 1. The molecule has 0 bridgehead atoms. The Labute approximate surface area is 110 Å². The molecule has 0 saturated heterocycles. The Morgan fingerprint density at radius 2 is 2.11 bits per heavy atom. The second-order valence-corrected chi connectivity index (χ2v) is 4.51. The van der Waals surface area contributed by atoms with Gasteiger partial charge in [0.05, 0.1) is 0 Å². The molecule has 3 aromatic rings. The first-order valence-corrected chi connectivity index (χ1v) is 6.10. The molecule has 0 aliphatic carbocycles. The predicted octanol–water partition coefficient (Wildman–Crippen LogP) is 3.83. The molecule has 3 nitrogen and oxygen atoms in total. The molecule has 18 heavy (non-hydrogen) atoms. The third kappa shape index (κ3) is 2.31. The number of rotatable bonds is 3. The van der Waals surface area contributed by atoms with E-state index >= 15 is 0 Å². The lowest BCUT2D eigenvalue weighted by atomic mass is 10.1. The molecule has 0 aliphatic rings.